The van der Waals surface area contributed by atoms with Gasteiger partial charge in [0.2, 0.25) is 0 Å². The van der Waals surface area contributed by atoms with Crippen LogP contribution in [0.4, 0.5) is 18.0 Å². The van der Waals surface area contributed by atoms with Crippen molar-refractivity contribution in [3.63, 3.8) is 0 Å². The van der Waals surface area contributed by atoms with Crippen LogP contribution in [0.25, 0.3) is 11.1 Å². The fraction of sp³-hybridized carbons (Fsp3) is 0.450. The van der Waals surface area contributed by atoms with E-state index >= 15 is 0 Å². The van der Waals surface area contributed by atoms with Crippen LogP contribution >= 0.6 is 0 Å². The van der Waals surface area contributed by atoms with Gasteiger partial charge in [-0.1, -0.05) is 0 Å². The SMILES string of the molecule is CC(C)(C)OC(=O)N1CC(Cn2cc(-c3cc(C(F)(F)F)ccc3C#N)cn2)C1. The molecular weight excluding hydrogens is 385 g/mol. The number of halogens is 3. The van der Waals surface area contributed by atoms with Gasteiger partial charge in [0.1, 0.15) is 5.60 Å². The van der Waals surface area contributed by atoms with Gasteiger partial charge in [-0.3, -0.25) is 4.68 Å². The van der Waals surface area contributed by atoms with E-state index in [9.17, 15) is 23.2 Å². The Hall–Kier alpha value is -3.02. The first-order valence-corrected chi connectivity index (χ1v) is 9.08. The zero-order valence-electron chi connectivity index (χ0n) is 16.3. The van der Waals surface area contributed by atoms with Crippen molar-refractivity contribution < 1.29 is 22.7 Å². The molecule has 29 heavy (non-hydrogen) atoms. The fourth-order valence-electron chi connectivity index (χ4n) is 3.08. The maximum absolute atomic E-state index is 13.0. The van der Waals surface area contributed by atoms with Gasteiger partial charge in [0.05, 0.1) is 23.4 Å². The molecule has 1 aliphatic rings. The van der Waals surface area contributed by atoms with Crippen LogP contribution in [0.3, 0.4) is 0 Å². The number of amides is 1. The van der Waals surface area contributed by atoms with Crippen LogP contribution in [0, 0.1) is 17.2 Å². The molecule has 0 saturated carbocycles. The maximum Gasteiger partial charge on any atom is 0.416 e. The summed E-state index contributed by atoms with van der Waals surface area (Å²) >= 11 is 0. The van der Waals surface area contributed by atoms with E-state index in [2.05, 4.69) is 5.10 Å². The van der Waals surface area contributed by atoms with E-state index in [-0.39, 0.29) is 23.1 Å². The van der Waals surface area contributed by atoms with E-state index in [0.29, 0.717) is 25.2 Å². The average molecular weight is 406 g/mol. The van der Waals surface area contributed by atoms with Gasteiger partial charge in [0, 0.05) is 42.9 Å². The van der Waals surface area contributed by atoms with Gasteiger partial charge < -0.3 is 9.64 Å². The maximum atomic E-state index is 13.0. The monoisotopic (exact) mass is 406 g/mol. The summed E-state index contributed by atoms with van der Waals surface area (Å²) in [5.41, 5.74) is -0.584. The molecule has 0 spiro atoms. The molecule has 1 aliphatic heterocycles. The van der Waals surface area contributed by atoms with Crippen LogP contribution in [0.2, 0.25) is 0 Å². The van der Waals surface area contributed by atoms with Crippen molar-refractivity contribution in [3.8, 4) is 17.2 Å². The number of nitrogens with zero attached hydrogens (tertiary/aromatic N) is 4. The Morgan fingerprint density at radius 1 is 1.31 bits per heavy atom. The minimum absolute atomic E-state index is 0.150. The number of carbonyl (C=O) groups is 1. The highest BCUT2D eigenvalue weighted by atomic mass is 19.4. The second kappa shape index (κ2) is 7.43. The number of alkyl halides is 3. The summed E-state index contributed by atoms with van der Waals surface area (Å²) in [5, 5.41) is 13.4. The van der Waals surface area contributed by atoms with Crippen LogP contribution in [-0.2, 0) is 17.5 Å². The second-order valence-corrected chi connectivity index (χ2v) is 8.07. The Balaban J connectivity index is 1.67. The highest BCUT2D eigenvalue weighted by Gasteiger charge is 2.34. The third kappa shape index (κ3) is 4.88. The number of nitriles is 1. The lowest BCUT2D eigenvalue weighted by molar-refractivity contribution is -0.137. The second-order valence-electron chi connectivity index (χ2n) is 8.07. The number of likely N-dealkylation sites (tertiary alicyclic amines) is 1. The molecule has 154 valence electrons. The topological polar surface area (TPSA) is 71.2 Å². The largest absolute Gasteiger partial charge is 0.444 e. The molecule has 6 nitrogen and oxygen atoms in total. The normalized spacial score (nSPS) is 15.0. The molecule has 1 saturated heterocycles. The molecule has 0 radical (unpaired) electrons. The molecule has 1 aromatic heterocycles. The lowest BCUT2D eigenvalue weighted by Gasteiger charge is -2.39. The van der Waals surface area contributed by atoms with Crippen molar-refractivity contribution in [3.05, 3.63) is 41.7 Å². The van der Waals surface area contributed by atoms with Crippen molar-refractivity contribution in [1.29, 1.82) is 5.26 Å². The van der Waals surface area contributed by atoms with Crippen molar-refractivity contribution in [2.75, 3.05) is 13.1 Å². The quantitative estimate of drug-likeness (QED) is 0.762. The number of ether oxygens (including phenoxy) is 1. The summed E-state index contributed by atoms with van der Waals surface area (Å²) in [4.78, 5) is 13.6. The first kappa shape index (κ1) is 20.7. The average Bonchev–Trinajstić information content (AvgIpc) is 3.03. The molecule has 1 amide bonds. The molecular formula is C20H21F3N4O2. The molecule has 0 unspecified atom stereocenters. The van der Waals surface area contributed by atoms with Gasteiger partial charge in [-0.15, -0.1) is 0 Å². The van der Waals surface area contributed by atoms with Crippen LogP contribution in [0.5, 0.6) is 0 Å². The summed E-state index contributed by atoms with van der Waals surface area (Å²) in [6, 6.07) is 4.95. The van der Waals surface area contributed by atoms with Crippen molar-refractivity contribution in [1.82, 2.24) is 14.7 Å². The molecule has 0 aliphatic carbocycles. The van der Waals surface area contributed by atoms with E-state index < -0.39 is 17.3 Å². The van der Waals surface area contributed by atoms with E-state index in [4.69, 9.17) is 4.74 Å². The van der Waals surface area contributed by atoms with E-state index in [1.807, 2.05) is 6.07 Å². The van der Waals surface area contributed by atoms with E-state index in [0.717, 1.165) is 12.1 Å². The Labute approximate surface area is 166 Å². The van der Waals surface area contributed by atoms with Crippen LogP contribution < -0.4 is 0 Å². The lowest BCUT2D eigenvalue weighted by atomic mass is 9.99. The van der Waals surface area contributed by atoms with E-state index in [1.165, 1.54) is 12.3 Å². The number of hydrogen-bond acceptors (Lipinski definition) is 4. The predicted octanol–water partition coefficient (Wildman–Crippen LogP) is 4.31. The van der Waals surface area contributed by atoms with Gasteiger partial charge in [0.15, 0.2) is 0 Å². The number of hydrogen-bond donors (Lipinski definition) is 0. The van der Waals surface area contributed by atoms with Crippen LogP contribution in [-0.4, -0.2) is 39.5 Å². The minimum atomic E-state index is -4.49. The molecule has 9 heteroatoms. The number of rotatable bonds is 3. The smallest absolute Gasteiger partial charge is 0.416 e. The first-order chi connectivity index (χ1) is 13.5. The Bertz CT molecular complexity index is 948. The zero-order chi connectivity index (χ0) is 21.4. The molecule has 3 rings (SSSR count). The van der Waals surface area contributed by atoms with Crippen LogP contribution in [0.1, 0.15) is 31.9 Å². The lowest BCUT2D eigenvalue weighted by Crippen LogP contribution is -2.52. The third-order valence-electron chi connectivity index (χ3n) is 4.47. The Morgan fingerprint density at radius 3 is 2.59 bits per heavy atom. The molecule has 1 fully saturated rings. The number of aromatic nitrogens is 2. The molecule has 0 N–H and O–H groups in total. The first-order valence-electron chi connectivity index (χ1n) is 9.08. The summed E-state index contributed by atoms with van der Waals surface area (Å²) in [6.45, 7) is 6.97. The van der Waals surface area contributed by atoms with Crippen LogP contribution in [0.15, 0.2) is 30.6 Å². The molecule has 2 heterocycles. The fourth-order valence-corrected chi connectivity index (χ4v) is 3.08. The highest BCUT2D eigenvalue weighted by Crippen LogP contribution is 2.34. The summed E-state index contributed by atoms with van der Waals surface area (Å²) in [5.74, 6) is 0.173. The predicted molar refractivity (Wildman–Crippen MR) is 98.7 cm³/mol. The molecule has 2 aromatic rings. The van der Waals surface area contributed by atoms with E-state index in [1.54, 1.807) is 36.5 Å². The number of carbonyl (C=O) groups excluding carboxylic acids is 1. The number of benzene rings is 1. The van der Waals surface area contributed by atoms with Gasteiger partial charge in [-0.25, -0.2) is 4.79 Å². The van der Waals surface area contributed by atoms with Gasteiger partial charge in [-0.05, 0) is 39.0 Å². The van der Waals surface area contributed by atoms with Crippen molar-refractivity contribution >= 4 is 6.09 Å². The Kier molecular flexibility index (Phi) is 5.30. The summed E-state index contributed by atoms with van der Waals surface area (Å²) in [7, 11) is 0. The minimum Gasteiger partial charge on any atom is -0.444 e. The Morgan fingerprint density at radius 2 is 2.00 bits per heavy atom. The molecule has 0 bridgehead atoms. The molecule has 0 atom stereocenters. The zero-order valence-corrected chi connectivity index (χ0v) is 16.3. The van der Waals surface area contributed by atoms with Gasteiger partial charge in [-0.2, -0.15) is 23.5 Å². The standard InChI is InChI=1S/C20H21F3N4O2/c1-19(2,3)29-18(28)26-9-13(10-26)11-27-12-15(8-25-27)17-6-16(20(21,22)23)5-4-14(17)7-24/h4-6,8,12-13H,9-11H2,1-3H3. The third-order valence-corrected chi connectivity index (χ3v) is 4.47. The van der Waals surface area contributed by atoms with Gasteiger partial charge in [0.25, 0.3) is 0 Å². The van der Waals surface area contributed by atoms with Crippen molar-refractivity contribution in [2.24, 2.45) is 5.92 Å². The summed E-state index contributed by atoms with van der Waals surface area (Å²) in [6.07, 6.45) is -1.79. The highest BCUT2D eigenvalue weighted by molar-refractivity contribution is 5.70. The van der Waals surface area contributed by atoms with Gasteiger partial charge >= 0.3 is 12.3 Å². The summed E-state index contributed by atoms with van der Waals surface area (Å²) < 4.78 is 46.0. The van der Waals surface area contributed by atoms with Crippen molar-refractivity contribution in [2.45, 2.75) is 39.1 Å². The molecule has 1 aromatic carbocycles.